The van der Waals surface area contributed by atoms with E-state index >= 15 is 0 Å². The summed E-state index contributed by atoms with van der Waals surface area (Å²) in [6.45, 7) is 0. The van der Waals surface area contributed by atoms with Gasteiger partial charge in [0.05, 0.1) is 16.8 Å². The lowest BCUT2D eigenvalue weighted by molar-refractivity contribution is -0.136. The maximum atomic E-state index is 12.3. The second kappa shape index (κ2) is 10.8. The number of ether oxygens (including phenoxy) is 1. The maximum Gasteiger partial charge on any atom is 0.345 e. The average Bonchev–Trinajstić information content (AvgIpc) is 2.85. The number of hydrogen-bond acceptors (Lipinski definition) is 5. The molecular formula is C26H17Cl2N3O4. The van der Waals surface area contributed by atoms with Crippen LogP contribution < -0.4 is 15.5 Å². The van der Waals surface area contributed by atoms with Crippen LogP contribution in [0.25, 0.3) is 10.8 Å². The van der Waals surface area contributed by atoms with Gasteiger partial charge in [0.1, 0.15) is 5.75 Å². The summed E-state index contributed by atoms with van der Waals surface area (Å²) >= 11 is 11.9. The third-order valence-corrected chi connectivity index (χ3v) is 5.41. The molecular weight excluding hydrogens is 489 g/mol. The van der Waals surface area contributed by atoms with Gasteiger partial charge in [0.2, 0.25) is 0 Å². The molecule has 2 N–H and O–H groups in total. The summed E-state index contributed by atoms with van der Waals surface area (Å²) in [5.41, 5.74) is 3.50. The highest BCUT2D eigenvalue weighted by molar-refractivity contribution is 6.40. The number of carbonyl (C=O) groups excluding carboxylic acids is 3. The Hall–Kier alpha value is -4.20. The zero-order valence-corrected chi connectivity index (χ0v) is 19.5. The lowest BCUT2D eigenvalue weighted by Gasteiger charge is -2.07. The van der Waals surface area contributed by atoms with Gasteiger partial charge in [-0.15, -0.1) is 0 Å². The Bertz CT molecular complexity index is 1450. The maximum absolute atomic E-state index is 12.3. The fourth-order valence-electron chi connectivity index (χ4n) is 3.17. The molecule has 4 rings (SSSR count). The van der Waals surface area contributed by atoms with E-state index in [0.29, 0.717) is 16.3 Å². The molecule has 0 aliphatic rings. The lowest BCUT2D eigenvalue weighted by atomic mass is 10.1. The van der Waals surface area contributed by atoms with Crippen LogP contribution in [0.4, 0.5) is 5.69 Å². The van der Waals surface area contributed by atoms with E-state index in [0.717, 1.165) is 10.8 Å². The summed E-state index contributed by atoms with van der Waals surface area (Å²) < 4.78 is 5.30. The molecule has 4 aromatic rings. The van der Waals surface area contributed by atoms with Crippen LogP contribution in [0, 0.1) is 0 Å². The molecule has 0 saturated heterocycles. The molecule has 0 aromatic heterocycles. The number of halogens is 2. The van der Waals surface area contributed by atoms with Gasteiger partial charge in [-0.3, -0.25) is 9.59 Å². The van der Waals surface area contributed by atoms with Crippen LogP contribution >= 0.6 is 23.2 Å². The van der Waals surface area contributed by atoms with Crippen molar-refractivity contribution in [1.29, 1.82) is 0 Å². The van der Waals surface area contributed by atoms with Gasteiger partial charge in [-0.2, -0.15) is 5.10 Å². The number of benzene rings is 4. The van der Waals surface area contributed by atoms with Crippen molar-refractivity contribution in [2.75, 3.05) is 5.32 Å². The van der Waals surface area contributed by atoms with Crippen LogP contribution in [0.1, 0.15) is 15.9 Å². The van der Waals surface area contributed by atoms with E-state index < -0.39 is 17.8 Å². The summed E-state index contributed by atoms with van der Waals surface area (Å²) in [6, 6.07) is 23.7. The molecule has 174 valence electrons. The van der Waals surface area contributed by atoms with Crippen LogP contribution in [0.2, 0.25) is 10.0 Å². The summed E-state index contributed by atoms with van der Waals surface area (Å²) in [4.78, 5) is 36.6. The number of esters is 1. The smallest absolute Gasteiger partial charge is 0.345 e. The molecule has 4 aromatic carbocycles. The van der Waals surface area contributed by atoms with Crippen molar-refractivity contribution in [3.05, 3.63) is 106 Å². The predicted octanol–water partition coefficient (Wildman–Crippen LogP) is 5.45. The van der Waals surface area contributed by atoms with E-state index in [-0.39, 0.29) is 16.3 Å². The number of hydrogen-bond donors (Lipinski definition) is 2. The first-order chi connectivity index (χ1) is 16.9. The minimum Gasteiger partial charge on any atom is -0.423 e. The predicted molar refractivity (Wildman–Crippen MR) is 136 cm³/mol. The molecule has 0 aliphatic carbocycles. The number of anilines is 1. The van der Waals surface area contributed by atoms with Crippen LogP contribution in [-0.2, 0) is 9.59 Å². The number of nitrogens with zero attached hydrogens (tertiary/aromatic N) is 1. The first kappa shape index (κ1) is 23.9. The Kier molecular flexibility index (Phi) is 7.40. The van der Waals surface area contributed by atoms with E-state index in [2.05, 4.69) is 15.8 Å². The van der Waals surface area contributed by atoms with Crippen molar-refractivity contribution in [2.45, 2.75) is 0 Å². The molecule has 9 heteroatoms. The lowest BCUT2D eigenvalue weighted by Crippen LogP contribution is -2.32. The molecule has 0 spiro atoms. The van der Waals surface area contributed by atoms with Gasteiger partial charge in [0.25, 0.3) is 0 Å². The molecule has 0 bridgehead atoms. The summed E-state index contributed by atoms with van der Waals surface area (Å²) in [5.74, 6) is -2.10. The zero-order valence-electron chi connectivity index (χ0n) is 18.0. The molecule has 0 unspecified atom stereocenters. The SMILES string of the molecule is O=C(NN=Cc1ccc(OC(=O)c2ccc(Cl)cc2Cl)cc1)C(=O)Nc1cccc2ccccc12. The molecule has 7 nitrogen and oxygen atoms in total. The Labute approximate surface area is 210 Å². The third kappa shape index (κ3) is 6.03. The molecule has 0 heterocycles. The van der Waals surface area contributed by atoms with Gasteiger partial charge in [0, 0.05) is 16.1 Å². The highest BCUT2D eigenvalue weighted by atomic mass is 35.5. The van der Waals surface area contributed by atoms with Gasteiger partial charge >= 0.3 is 17.8 Å². The van der Waals surface area contributed by atoms with Crippen LogP contribution in [0.15, 0.2) is 90.0 Å². The van der Waals surface area contributed by atoms with Gasteiger partial charge in [-0.05, 0) is 59.5 Å². The van der Waals surface area contributed by atoms with Crippen molar-refractivity contribution in [3.8, 4) is 5.75 Å². The third-order valence-electron chi connectivity index (χ3n) is 4.87. The minimum atomic E-state index is -0.917. The number of fused-ring (bicyclic) bond motifs is 1. The summed E-state index contributed by atoms with van der Waals surface area (Å²) in [7, 11) is 0. The molecule has 0 atom stereocenters. The average molecular weight is 506 g/mol. The topological polar surface area (TPSA) is 96.9 Å². The number of amides is 2. The molecule has 0 saturated carbocycles. The number of rotatable bonds is 5. The highest BCUT2D eigenvalue weighted by Gasteiger charge is 2.15. The van der Waals surface area contributed by atoms with Crippen LogP contribution in [0.3, 0.4) is 0 Å². The van der Waals surface area contributed by atoms with Crippen molar-refractivity contribution in [2.24, 2.45) is 5.10 Å². The van der Waals surface area contributed by atoms with E-state index in [1.165, 1.54) is 18.3 Å². The van der Waals surface area contributed by atoms with E-state index in [9.17, 15) is 14.4 Å². The van der Waals surface area contributed by atoms with E-state index in [1.54, 1.807) is 42.5 Å². The van der Waals surface area contributed by atoms with Crippen molar-refractivity contribution >= 4 is 63.7 Å². The normalized spacial score (nSPS) is 10.8. The quantitative estimate of drug-likeness (QED) is 0.124. The first-order valence-electron chi connectivity index (χ1n) is 10.3. The van der Waals surface area contributed by atoms with Crippen molar-refractivity contribution in [3.63, 3.8) is 0 Å². The standard InChI is InChI=1S/C26H17Cl2N3O4/c27-18-10-13-21(22(28)14-18)26(34)35-19-11-8-16(9-12-19)15-29-31-25(33)24(32)30-23-7-3-5-17-4-1-2-6-20(17)23/h1-15H,(H,30,32)(H,31,33). The fourth-order valence-corrected chi connectivity index (χ4v) is 3.65. The zero-order chi connectivity index (χ0) is 24.8. The molecule has 0 fully saturated rings. The van der Waals surface area contributed by atoms with Crippen LogP contribution in [-0.4, -0.2) is 24.0 Å². The van der Waals surface area contributed by atoms with Crippen molar-refractivity contribution < 1.29 is 19.1 Å². The van der Waals surface area contributed by atoms with Gasteiger partial charge < -0.3 is 10.1 Å². The molecule has 0 aliphatic heterocycles. The van der Waals surface area contributed by atoms with Crippen LogP contribution in [0.5, 0.6) is 5.75 Å². The molecule has 0 radical (unpaired) electrons. The Morgan fingerprint density at radius 2 is 1.57 bits per heavy atom. The first-order valence-corrected chi connectivity index (χ1v) is 11.1. The van der Waals surface area contributed by atoms with E-state index in [4.69, 9.17) is 27.9 Å². The Balaban J connectivity index is 1.32. The Morgan fingerprint density at radius 1 is 0.829 bits per heavy atom. The summed E-state index contributed by atoms with van der Waals surface area (Å²) in [6.07, 6.45) is 1.35. The fraction of sp³-hybridized carbons (Fsp3) is 0. The van der Waals surface area contributed by atoms with Gasteiger partial charge in [0.15, 0.2) is 0 Å². The van der Waals surface area contributed by atoms with Gasteiger partial charge in [-0.25, -0.2) is 10.2 Å². The molecule has 35 heavy (non-hydrogen) atoms. The van der Waals surface area contributed by atoms with Crippen molar-refractivity contribution in [1.82, 2.24) is 5.43 Å². The number of carbonyl (C=O) groups is 3. The van der Waals surface area contributed by atoms with Gasteiger partial charge in [-0.1, -0.05) is 59.6 Å². The second-order valence-corrected chi connectivity index (χ2v) is 8.11. The minimum absolute atomic E-state index is 0.186. The number of nitrogens with one attached hydrogen (secondary N) is 2. The highest BCUT2D eigenvalue weighted by Crippen LogP contribution is 2.24. The monoisotopic (exact) mass is 505 g/mol. The molecule has 2 amide bonds. The largest absolute Gasteiger partial charge is 0.423 e. The van der Waals surface area contributed by atoms with E-state index in [1.807, 2.05) is 30.3 Å². The second-order valence-electron chi connectivity index (χ2n) is 7.26. The summed E-state index contributed by atoms with van der Waals surface area (Å²) in [5, 5.41) is 8.75. The number of hydrazone groups is 1. The Morgan fingerprint density at radius 3 is 2.34 bits per heavy atom.